The number of ether oxygens (including phenoxy) is 1. The Kier molecular flexibility index (Phi) is 7.61. The first-order valence-corrected chi connectivity index (χ1v) is 7.95. The maximum atomic E-state index is 5.31. The Labute approximate surface area is 101 Å². The Morgan fingerprint density at radius 2 is 2.13 bits per heavy atom. The summed E-state index contributed by atoms with van der Waals surface area (Å²) in [6.07, 6.45) is 1.16. The fourth-order valence-corrected chi connectivity index (χ4v) is 3.28. The average molecular weight is 247 g/mol. The zero-order valence-electron chi connectivity index (χ0n) is 9.70. The molecule has 0 N–H and O–H groups in total. The van der Waals surface area contributed by atoms with Gasteiger partial charge in [0.25, 0.3) is 0 Å². The van der Waals surface area contributed by atoms with E-state index < -0.39 is 0 Å². The van der Waals surface area contributed by atoms with E-state index in [0.717, 1.165) is 32.7 Å². The van der Waals surface area contributed by atoms with Crippen molar-refractivity contribution in [1.82, 2.24) is 4.90 Å². The second-order valence-electron chi connectivity index (χ2n) is 3.69. The molecule has 0 atom stereocenters. The maximum Gasteiger partial charge on any atom is 0.0594 e. The van der Waals surface area contributed by atoms with Crippen molar-refractivity contribution in [2.75, 3.05) is 38.6 Å². The zero-order chi connectivity index (χ0) is 10.9. The third-order valence-corrected chi connectivity index (χ3v) is 4.65. The summed E-state index contributed by atoms with van der Waals surface area (Å²) in [5, 5.41) is 2.27. The summed E-state index contributed by atoms with van der Waals surface area (Å²) in [5.41, 5.74) is 1.47. The highest BCUT2D eigenvalue weighted by Gasteiger charge is 2.08. The van der Waals surface area contributed by atoms with Gasteiger partial charge in [0.15, 0.2) is 0 Å². The van der Waals surface area contributed by atoms with Gasteiger partial charge in [0, 0.05) is 25.4 Å². The third-order valence-electron chi connectivity index (χ3n) is 2.47. The number of rotatable bonds is 6. The third kappa shape index (κ3) is 6.51. The van der Waals surface area contributed by atoms with Crippen LogP contribution in [-0.2, 0) is 4.74 Å². The monoisotopic (exact) mass is 247 g/mol. The van der Waals surface area contributed by atoms with Gasteiger partial charge in [0.05, 0.1) is 13.2 Å². The molecule has 0 amide bonds. The zero-order valence-corrected chi connectivity index (χ0v) is 11.3. The fraction of sp³-hybridized carbons (Fsp3) is 0.818. The summed E-state index contributed by atoms with van der Waals surface area (Å²) in [7, 11) is 3.82. The number of allylic oxidation sites excluding steroid dienone is 1. The summed E-state index contributed by atoms with van der Waals surface area (Å²) < 4.78 is 5.31. The number of hydrogen-bond donors (Lipinski definition) is 0. The lowest BCUT2D eigenvalue weighted by atomic mass is 10.3. The van der Waals surface area contributed by atoms with Crippen LogP contribution in [0.2, 0.25) is 0 Å². The van der Waals surface area contributed by atoms with E-state index in [1.807, 2.05) is 21.6 Å². The van der Waals surface area contributed by atoms with Crippen LogP contribution < -0.4 is 0 Å². The largest absolute Gasteiger partial charge is 0.379 e. The predicted octanol–water partition coefficient (Wildman–Crippen LogP) is 3.01. The SMILES string of the molecule is CC/C(C)=C/SSCCN1CCOCC1. The second kappa shape index (κ2) is 8.50. The molecule has 15 heavy (non-hydrogen) atoms. The molecule has 1 heterocycles. The lowest BCUT2D eigenvalue weighted by Crippen LogP contribution is -2.37. The first-order chi connectivity index (χ1) is 7.33. The molecule has 1 aliphatic heterocycles. The minimum Gasteiger partial charge on any atom is -0.379 e. The van der Waals surface area contributed by atoms with Gasteiger partial charge in [-0.25, -0.2) is 0 Å². The van der Waals surface area contributed by atoms with Crippen molar-refractivity contribution in [3.05, 3.63) is 11.0 Å². The highest BCUT2D eigenvalue weighted by atomic mass is 33.1. The molecule has 0 aliphatic carbocycles. The minimum absolute atomic E-state index is 0.909. The smallest absolute Gasteiger partial charge is 0.0594 e. The van der Waals surface area contributed by atoms with E-state index in [4.69, 9.17) is 4.74 Å². The van der Waals surface area contributed by atoms with Gasteiger partial charge in [-0.1, -0.05) is 34.1 Å². The van der Waals surface area contributed by atoms with Gasteiger partial charge < -0.3 is 4.74 Å². The molecule has 1 rings (SSSR count). The Morgan fingerprint density at radius 3 is 2.80 bits per heavy atom. The standard InChI is InChI=1S/C11H21NOS2/c1-3-11(2)10-15-14-9-6-12-4-7-13-8-5-12/h10H,3-9H2,1-2H3/b11-10+. The molecule has 0 saturated carbocycles. The molecule has 0 unspecified atom stereocenters. The molecule has 1 aliphatic rings. The molecule has 88 valence electrons. The van der Waals surface area contributed by atoms with Gasteiger partial charge in [-0.05, 0) is 18.8 Å². The minimum atomic E-state index is 0.909. The number of morpholine rings is 1. The Morgan fingerprint density at radius 1 is 1.40 bits per heavy atom. The molecule has 1 saturated heterocycles. The summed E-state index contributed by atoms with van der Waals surface area (Å²) in [5.74, 6) is 1.21. The summed E-state index contributed by atoms with van der Waals surface area (Å²) >= 11 is 0. The Bertz CT molecular complexity index is 191. The molecule has 0 spiro atoms. The van der Waals surface area contributed by atoms with Crippen LogP contribution in [0.5, 0.6) is 0 Å². The number of nitrogens with zero attached hydrogens (tertiary/aromatic N) is 1. The molecule has 0 bridgehead atoms. The lowest BCUT2D eigenvalue weighted by molar-refractivity contribution is 0.0410. The van der Waals surface area contributed by atoms with E-state index in [2.05, 4.69) is 24.2 Å². The molecule has 0 aromatic rings. The van der Waals surface area contributed by atoms with Gasteiger partial charge in [0.2, 0.25) is 0 Å². The topological polar surface area (TPSA) is 12.5 Å². The first kappa shape index (κ1) is 13.4. The van der Waals surface area contributed by atoms with Crippen LogP contribution in [0.3, 0.4) is 0 Å². The van der Waals surface area contributed by atoms with Crippen LogP contribution in [0.4, 0.5) is 0 Å². The molecule has 4 heteroatoms. The van der Waals surface area contributed by atoms with Crippen molar-refractivity contribution in [3.8, 4) is 0 Å². The second-order valence-corrected chi connectivity index (χ2v) is 6.05. The van der Waals surface area contributed by atoms with Gasteiger partial charge in [-0.3, -0.25) is 4.90 Å². The van der Waals surface area contributed by atoms with Crippen LogP contribution >= 0.6 is 21.6 Å². The van der Waals surface area contributed by atoms with Crippen molar-refractivity contribution in [1.29, 1.82) is 0 Å². The highest BCUT2D eigenvalue weighted by molar-refractivity contribution is 8.77. The normalized spacial score (nSPS) is 19.5. The lowest BCUT2D eigenvalue weighted by Gasteiger charge is -2.26. The Hall–Kier alpha value is 0.360. The van der Waals surface area contributed by atoms with Crippen molar-refractivity contribution in [3.63, 3.8) is 0 Å². The molecular weight excluding hydrogens is 226 g/mol. The highest BCUT2D eigenvalue weighted by Crippen LogP contribution is 2.24. The van der Waals surface area contributed by atoms with E-state index in [1.165, 1.54) is 17.9 Å². The Balaban J connectivity index is 1.96. The molecule has 0 aromatic heterocycles. The molecule has 0 radical (unpaired) electrons. The summed E-state index contributed by atoms with van der Waals surface area (Å²) in [6, 6.07) is 0. The van der Waals surface area contributed by atoms with Crippen LogP contribution in [-0.4, -0.2) is 43.5 Å². The van der Waals surface area contributed by atoms with Gasteiger partial charge >= 0.3 is 0 Å². The van der Waals surface area contributed by atoms with E-state index >= 15 is 0 Å². The van der Waals surface area contributed by atoms with E-state index in [0.29, 0.717) is 0 Å². The molecule has 1 fully saturated rings. The van der Waals surface area contributed by atoms with Crippen molar-refractivity contribution < 1.29 is 4.74 Å². The van der Waals surface area contributed by atoms with Crippen LogP contribution in [0, 0.1) is 0 Å². The van der Waals surface area contributed by atoms with Crippen LogP contribution in [0.1, 0.15) is 20.3 Å². The predicted molar refractivity (Wildman–Crippen MR) is 71.4 cm³/mol. The van der Waals surface area contributed by atoms with E-state index in [-0.39, 0.29) is 0 Å². The number of hydrogen-bond acceptors (Lipinski definition) is 4. The van der Waals surface area contributed by atoms with Gasteiger partial charge in [-0.15, -0.1) is 0 Å². The van der Waals surface area contributed by atoms with Gasteiger partial charge in [0.1, 0.15) is 0 Å². The quantitative estimate of drug-likeness (QED) is 0.528. The van der Waals surface area contributed by atoms with Crippen molar-refractivity contribution >= 4 is 21.6 Å². The maximum absolute atomic E-state index is 5.31. The van der Waals surface area contributed by atoms with E-state index in [9.17, 15) is 0 Å². The van der Waals surface area contributed by atoms with Crippen LogP contribution in [0.25, 0.3) is 0 Å². The summed E-state index contributed by atoms with van der Waals surface area (Å²) in [6.45, 7) is 9.61. The van der Waals surface area contributed by atoms with Crippen molar-refractivity contribution in [2.45, 2.75) is 20.3 Å². The van der Waals surface area contributed by atoms with Crippen LogP contribution in [0.15, 0.2) is 11.0 Å². The molecular formula is C11H21NOS2. The molecule has 2 nitrogen and oxygen atoms in total. The van der Waals surface area contributed by atoms with Gasteiger partial charge in [-0.2, -0.15) is 0 Å². The first-order valence-electron chi connectivity index (χ1n) is 5.57. The molecule has 0 aromatic carbocycles. The van der Waals surface area contributed by atoms with Crippen molar-refractivity contribution in [2.24, 2.45) is 0 Å². The summed E-state index contributed by atoms with van der Waals surface area (Å²) in [4.78, 5) is 2.48. The fourth-order valence-electron chi connectivity index (χ4n) is 1.24. The van der Waals surface area contributed by atoms with E-state index in [1.54, 1.807) is 0 Å². The average Bonchev–Trinajstić information content (AvgIpc) is 2.29.